The van der Waals surface area contributed by atoms with Gasteiger partial charge < -0.3 is 15.4 Å². The maximum Gasteiger partial charge on any atom is 0.259 e. The van der Waals surface area contributed by atoms with Crippen LogP contribution in [0.1, 0.15) is 29.6 Å². The first kappa shape index (κ1) is 14.3. The summed E-state index contributed by atoms with van der Waals surface area (Å²) in [5.74, 6) is 0.278. The molecule has 0 aliphatic carbocycles. The molecule has 1 aliphatic rings. The summed E-state index contributed by atoms with van der Waals surface area (Å²) in [7, 11) is 1.50. The third-order valence-corrected chi connectivity index (χ3v) is 3.59. The second kappa shape index (κ2) is 6.36. The smallest absolute Gasteiger partial charge is 0.259 e. The van der Waals surface area contributed by atoms with E-state index in [1.807, 2.05) is 0 Å². The third-order valence-electron chi connectivity index (χ3n) is 3.59. The Bertz CT molecular complexity index is 496. The summed E-state index contributed by atoms with van der Waals surface area (Å²) in [4.78, 5) is 29.1. The van der Waals surface area contributed by atoms with Crippen LogP contribution in [0.5, 0.6) is 5.88 Å². The highest BCUT2D eigenvalue weighted by Gasteiger charge is 2.26. The standard InChI is InChI=1S/C14H19N3O3/c1-20-13-11(3-2-6-16-13)14(19)17-7-4-10(5-8-17)9-12(15)18/h2-3,6,10H,4-5,7-9H2,1H3,(H2,15,18). The van der Waals surface area contributed by atoms with Gasteiger partial charge in [0.25, 0.3) is 5.91 Å². The molecule has 1 aromatic heterocycles. The number of ether oxygens (including phenoxy) is 1. The van der Waals surface area contributed by atoms with Crippen LogP contribution >= 0.6 is 0 Å². The monoisotopic (exact) mass is 277 g/mol. The molecule has 0 aromatic carbocycles. The normalized spacial score (nSPS) is 15.9. The molecule has 2 amide bonds. The Balaban J connectivity index is 2.00. The zero-order valence-corrected chi connectivity index (χ0v) is 11.5. The van der Waals surface area contributed by atoms with Gasteiger partial charge in [0.2, 0.25) is 11.8 Å². The van der Waals surface area contributed by atoms with Gasteiger partial charge in [-0.15, -0.1) is 0 Å². The molecule has 20 heavy (non-hydrogen) atoms. The second-order valence-corrected chi connectivity index (χ2v) is 4.97. The predicted octanol–water partition coefficient (Wildman–Crippen LogP) is 0.818. The summed E-state index contributed by atoms with van der Waals surface area (Å²) >= 11 is 0. The molecular formula is C14H19N3O3. The maximum absolute atomic E-state index is 12.4. The van der Waals surface area contributed by atoms with Gasteiger partial charge in [-0.25, -0.2) is 4.98 Å². The van der Waals surface area contributed by atoms with Gasteiger partial charge in [-0.3, -0.25) is 9.59 Å². The molecular weight excluding hydrogens is 258 g/mol. The fourth-order valence-corrected chi connectivity index (χ4v) is 2.51. The van der Waals surface area contributed by atoms with E-state index in [1.54, 1.807) is 23.2 Å². The van der Waals surface area contributed by atoms with E-state index in [-0.39, 0.29) is 17.7 Å². The number of hydrogen-bond acceptors (Lipinski definition) is 4. The Morgan fingerprint density at radius 1 is 1.45 bits per heavy atom. The van der Waals surface area contributed by atoms with Gasteiger partial charge in [-0.2, -0.15) is 0 Å². The fraction of sp³-hybridized carbons (Fsp3) is 0.500. The molecule has 1 aliphatic heterocycles. The molecule has 2 N–H and O–H groups in total. The van der Waals surface area contributed by atoms with Crippen molar-refractivity contribution in [2.24, 2.45) is 11.7 Å². The highest BCUT2D eigenvalue weighted by Crippen LogP contribution is 2.23. The van der Waals surface area contributed by atoms with Gasteiger partial charge in [0.1, 0.15) is 5.56 Å². The van der Waals surface area contributed by atoms with Crippen LogP contribution in [0.4, 0.5) is 0 Å². The minimum atomic E-state index is -0.274. The van der Waals surface area contributed by atoms with Crippen molar-refractivity contribution < 1.29 is 14.3 Å². The van der Waals surface area contributed by atoms with Gasteiger partial charge in [0, 0.05) is 25.7 Å². The number of hydrogen-bond donors (Lipinski definition) is 1. The average Bonchev–Trinajstić information content (AvgIpc) is 2.46. The molecule has 2 heterocycles. The van der Waals surface area contributed by atoms with Crippen LogP contribution in [0, 0.1) is 5.92 Å². The molecule has 1 saturated heterocycles. The summed E-state index contributed by atoms with van der Waals surface area (Å²) < 4.78 is 5.11. The Labute approximate surface area is 117 Å². The van der Waals surface area contributed by atoms with Crippen molar-refractivity contribution in [1.82, 2.24) is 9.88 Å². The largest absolute Gasteiger partial charge is 0.480 e. The van der Waals surface area contributed by atoms with Crippen LogP contribution in [0.2, 0.25) is 0 Å². The van der Waals surface area contributed by atoms with Crippen molar-refractivity contribution in [3.63, 3.8) is 0 Å². The van der Waals surface area contributed by atoms with Crippen molar-refractivity contribution in [3.8, 4) is 5.88 Å². The number of amides is 2. The highest BCUT2D eigenvalue weighted by atomic mass is 16.5. The van der Waals surface area contributed by atoms with Crippen molar-refractivity contribution in [1.29, 1.82) is 0 Å². The molecule has 108 valence electrons. The molecule has 0 saturated carbocycles. The summed E-state index contributed by atoms with van der Waals surface area (Å²) in [6, 6.07) is 3.43. The fourth-order valence-electron chi connectivity index (χ4n) is 2.51. The molecule has 6 nitrogen and oxygen atoms in total. The lowest BCUT2D eigenvalue weighted by Crippen LogP contribution is -2.39. The summed E-state index contributed by atoms with van der Waals surface area (Å²) in [5.41, 5.74) is 5.68. The van der Waals surface area contributed by atoms with Gasteiger partial charge in [-0.1, -0.05) is 0 Å². The van der Waals surface area contributed by atoms with Crippen molar-refractivity contribution >= 4 is 11.8 Å². The molecule has 0 atom stereocenters. The van der Waals surface area contributed by atoms with Crippen LogP contribution in [0.15, 0.2) is 18.3 Å². The lowest BCUT2D eigenvalue weighted by Gasteiger charge is -2.31. The second-order valence-electron chi connectivity index (χ2n) is 4.97. The Kier molecular flexibility index (Phi) is 4.55. The molecule has 0 unspecified atom stereocenters. The predicted molar refractivity (Wildman–Crippen MR) is 73.2 cm³/mol. The number of carbonyl (C=O) groups is 2. The number of likely N-dealkylation sites (tertiary alicyclic amines) is 1. The molecule has 0 radical (unpaired) electrons. The summed E-state index contributed by atoms with van der Waals surface area (Å²) in [6.07, 6.45) is 3.60. The number of piperidine rings is 1. The van der Waals surface area contributed by atoms with Crippen LogP contribution in [-0.4, -0.2) is 41.9 Å². The molecule has 1 aromatic rings. The van der Waals surface area contributed by atoms with E-state index in [0.717, 1.165) is 12.8 Å². The Hall–Kier alpha value is -2.11. The zero-order valence-electron chi connectivity index (χ0n) is 11.5. The first-order valence-corrected chi connectivity index (χ1v) is 6.68. The molecule has 0 bridgehead atoms. The van der Waals surface area contributed by atoms with Gasteiger partial charge in [0.15, 0.2) is 0 Å². The van der Waals surface area contributed by atoms with Gasteiger partial charge in [0.05, 0.1) is 7.11 Å². The number of nitrogens with zero attached hydrogens (tertiary/aromatic N) is 2. The minimum Gasteiger partial charge on any atom is -0.480 e. The SMILES string of the molecule is COc1ncccc1C(=O)N1CCC(CC(N)=O)CC1. The molecule has 1 fully saturated rings. The van der Waals surface area contributed by atoms with Crippen LogP contribution in [-0.2, 0) is 4.79 Å². The minimum absolute atomic E-state index is 0.0764. The van der Waals surface area contributed by atoms with E-state index in [2.05, 4.69) is 4.98 Å². The molecule has 2 rings (SSSR count). The lowest BCUT2D eigenvalue weighted by atomic mass is 9.93. The van der Waals surface area contributed by atoms with Crippen LogP contribution in [0.3, 0.4) is 0 Å². The summed E-state index contributed by atoms with van der Waals surface area (Å²) in [5, 5.41) is 0. The number of carbonyl (C=O) groups excluding carboxylic acids is 2. The van der Waals surface area contributed by atoms with Crippen molar-refractivity contribution in [3.05, 3.63) is 23.9 Å². The summed E-state index contributed by atoms with van der Waals surface area (Å²) in [6.45, 7) is 1.27. The lowest BCUT2D eigenvalue weighted by molar-refractivity contribution is -0.119. The number of nitrogens with two attached hydrogens (primary N) is 1. The number of rotatable bonds is 4. The first-order valence-electron chi connectivity index (χ1n) is 6.68. The number of primary amides is 1. The number of pyridine rings is 1. The third kappa shape index (κ3) is 3.26. The average molecular weight is 277 g/mol. The van der Waals surface area contributed by atoms with Crippen LogP contribution in [0.25, 0.3) is 0 Å². The van der Waals surface area contributed by atoms with E-state index < -0.39 is 0 Å². The molecule has 6 heteroatoms. The van der Waals surface area contributed by atoms with Crippen molar-refractivity contribution in [2.45, 2.75) is 19.3 Å². The number of methoxy groups -OCH3 is 1. The van der Waals surface area contributed by atoms with E-state index in [1.165, 1.54) is 7.11 Å². The maximum atomic E-state index is 12.4. The van der Waals surface area contributed by atoms with Crippen LogP contribution < -0.4 is 10.5 Å². The molecule has 0 spiro atoms. The van der Waals surface area contributed by atoms with Crippen molar-refractivity contribution in [2.75, 3.05) is 20.2 Å². The van der Waals surface area contributed by atoms with E-state index >= 15 is 0 Å². The van der Waals surface area contributed by atoms with Gasteiger partial charge >= 0.3 is 0 Å². The highest BCUT2D eigenvalue weighted by molar-refractivity contribution is 5.96. The Morgan fingerprint density at radius 2 is 2.15 bits per heavy atom. The van der Waals surface area contributed by atoms with Gasteiger partial charge in [-0.05, 0) is 30.9 Å². The van der Waals surface area contributed by atoms with E-state index in [0.29, 0.717) is 31.0 Å². The first-order chi connectivity index (χ1) is 9.61. The number of aromatic nitrogens is 1. The Morgan fingerprint density at radius 3 is 2.75 bits per heavy atom. The zero-order chi connectivity index (χ0) is 14.5. The quantitative estimate of drug-likeness (QED) is 0.882. The van der Waals surface area contributed by atoms with E-state index in [9.17, 15) is 9.59 Å². The topological polar surface area (TPSA) is 85.5 Å². The van der Waals surface area contributed by atoms with E-state index in [4.69, 9.17) is 10.5 Å².